The number of rotatable bonds is 0. The Hall–Kier alpha value is 0.890. The summed E-state index contributed by atoms with van der Waals surface area (Å²) >= 11 is 2.26. The van der Waals surface area contributed by atoms with Gasteiger partial charge in [0.05, 0.1) is 27.1 Å². The largest absolute Gasteiger partial charge is 0.254 e. The lowest BCUT2D eigenvalue weighted by atomic mass is 10.3. The molecule has 0 saturated heterocycles. The average Bonchev–Trinajstić information content (AvgIpc) is 2.34. The van der Waals surface area contributed by atoms with Crippen LogP contribution in [-0.2, 0) is 10.8 Å². The molecule has 2 rings (SSSR count). The molecule has 0 spiro atoms. The van der Waals surface area contributed by atoms with Crippen molar-refractivity contribution in [2.75, 3.05) is 5.75 Å². The summed E-state index contributed by atoms with van der Waals surface area (Å²) in [7, 11) is -0.721. The van der Waals surface area contributed by atoms with Crippen molar-refractivity contribution in [1.29, 1.82) is 0 Å². The molecule has 2 heterocycles. The van der Waals surface area contributed by atoms with Crippen LogP contribution in [0.25, 0.3) is 0 Å². The van der Waals surface area contributed by atoms with Crippen LogP contribution in [0.15, 0.2) is 15.6 Å². The van der Waals surface area contributed by atoms with E-state index in [0.29, 0.717) is 0 Å². The lowest BCUT2D eigenvalue weighted by Crippen LogP contribution is -1.99. The van der Waals surface area contributed by atoms with Crippen LogP contribution in [0.1, 0.15) is 6.42 Å². The van der Waals surface area contributed by atoms with Crippen molar-refractivity contribution >= 4 is 59.9 Å². The number of hydrogen-bond donors (Lipinski definition) is 0. The molecule has 0 saturated carbocycles. The maximum atomic E-state index is 11.4. The van der Waals surface area contributed by atoms with Gasteiger partial charge in [-0.25, -0.2) is 0 Å². The predicted octanol–water partition coefficient (Wildman–Crippen LogP) is 1.93. The van der Waals surface area contributed by atoms with E-state index in [9.17, 15) is 4.21 Å². The van der Waals surface area contributed by atoms with Gasteiger partial charge in [0.15, 0.2) is 0 Å². The zero-order valence-corrected chi connectivity index (χ0v) is 10.6. The van der Waals surface area contributed by atoms with Crippen LogP contribution in [0.5, 0.6) is 0 Å². The quantitative estimate of drug-likeness (QED) is 0.579. The highest BCUT2D eigenvalue weighted by atomic mass is 127. The summed E-state index contributed by atoms with van der Waals surface area (Å²) < 4.78 is 14.7. The van der Waals surface area contributed by atoms with Gasteiger partial charge in [0.2, 0.25) is 0 Å². The Kier molecular flexibility index (Phi) is 2.57. The first-order valence-electron chi connectivity index (χ1n) is 3.09. The van der Waals surface area contributed by atoms with Crippen LogP contribution >= 0.6 is 43.3 Å². The monoisotopic (exact) mass is 393 g/mol. The summed E-state index contributed by atoms with van der Waals surface area (Å²) in [5.74, 6) is 0.790. The third-order valence-corrected chi connectivity index (χ3v) is 7.50. The molecule has 0 aromatic rings. The number of halogens is 2. The number of nitrogens with zero attached hydrogens (tertiary/aromatic N) is 1. The highest BCUT2D eigenvalue weighted by Gasteiger charge is 2.25. The second-order valence-corrected chi connectivity index (χ2v) is 9.08. The molecule has 2 nitrogen and oxygen atoms in total. The van der Waals surface area contributed by atoms with E-state index in [1.165, 1.54) is 1.52 Å². The second-order valence-electron chi connectivity index (χ2n) is 2.17. The molecule has 2 aliphatic rings. The molecule has 1 unspecified atom stereocenters. The van der Waals surface area contributed by atoms with Gasteiger partial charge in [-0.15, -0.1) is 0 Å². The highest BCUT2D eigenvalue weighted by molar-refractivity contribution is 14.2. The van der Waals surface area contributed by atoms with Crippen LogP contribution in [0.3, 0.4) is 0 Å². The standard InChI is InChI=1S/C6H5I2NOS/c7-6-5-4(9-3-8-6)1-2-11(5)10/h3H,1-2H2. The van der Waals surface area contributed by atoms with E-state index < -0.39 is 10.8 Å². The van der Waals surface area contributed by atoms with E-state index in [-0.39, 0.29) is 20.7 Å². The first kappa shape index (κ1) is 8.49. The maximum Gasteiger partial charge on any atom is 0.0794 e. The Bertz CT molecular complexity index is 319. The second kappa shape index (κ2) is 3.33. The van der Waals surface area contributed by atoms with Crippen LogP contribution in [0.4, 0.5) is 0 Å². The molecular formula is C6H5I2NOS. The van der Waals surface area contributed by atoms with Crippen molar-refractivity contribution in [3.05, 3.63) is 10.6 Å². The molecule has 0 fully saturated rings. The van der Waals surface area contributed by atoms with Crippen molar-refractivity contribution < 1.29 is 4.21 Å². The molecule has 0 aliphatic carbocycles. The first-order chi connectivity index (χ1) is 5.29. The minimum atomic E-state index is -0.721. The Morgan fingerprint density at radius 1 is 1.73 bits per heavy atom. The van der Waals surface area contributed by atoms with Crippen LogP contribution in [0.2, 0.25) is 0 Å². The molecule has 60 valence electrons. The zero-order valence-electron chi connectivity index (χ0n) is 5.51. The van der Waals surface area contributed by atoms with Crippen molar-refractivity contribution in [3.63, 3.8) is 0 Å². The van der Waals surface area contributed by atoms with Gasteiger partial charge in [0.25, 0.3) is 0 Å². The fraction of sp³-hybridized carbons (Fsp3) is 0.333. The summed E-state index contributed by atoms with van der Waals surface area (Å²) in [5.41, 5.74) is 1.08. The van der Waals surface area contributed by atoms with Gasteiger partial charge < -0.3 is 0 Å². The fourth-order valence-corrected chi connectivity index (χ4v) is 6.31. The lowest BCUT2D eigenvalue weighted by molar-refractivity contribution is 0.689. The molecule has 0 bridgehead atoms. The molecule has 5 heteroatoms. The van der Waals surface area contributed by atoms with E-state index in [4.69, 9.17) is 0 Å². The van der Waals surface area contributed by atoms with Gasteiger partial charge in [0.1, 0.15) is 0 Å². The summed E-state index contributed by atoms with van der Waals surface area (Å²) in [6.45, 7) is 0. The molecule has 11 heavy (non-hydrogen) atoms. The van der Waals surface area contributed by atoms with E-state index in [0.717, 1.165) is 22.8 Å². The van der Waals surface area contributed by atoms with Gasteiger partial charge in [-0.05, 0) is 22.6 Å². The highest BCUT2D eigenvalue weighted by Crippen LogP contribution is 2.32. The van der Waals surface area contributed by atoms with Crippen molar-refractivity contribution in [2.24, 2.45) is 4.99 Å². The van der Waals surface area contributed by atoms with Gasteiger partial charge in [-0.1, -0.05) is 20.7 Å². The smallest absolute Gasteiger partial charge is 0.0794 e. The molecule has 0 amide bonds. The van der Waals surface area contributed by atoms with E-state index in [1.54, 1.807) is 0 Å². The molecule has 1 atom stereocenters. The number of hydrogen-bond acceptors (Lipinski definition) is 2. The third kappa shape index (κ3) is 1.51. The summed E-state index contributed by atoms with van der Waals surface area (Å²) in [5, 5.41) is 0. The Balaban J connectivity index is 2.54. The molecule has 0 N–H and O–H groups in total. The maximum absolute atomic E-state index is 11.4. The number of allylic oxidation sites excluding steroid dienone is 2. The van der Waals surface area contributed by atoms with Gasteiger partial charge in [-0.2, -0.15) is 0 Å². The van der Waals surface area contributed by atoms with E-state index in [1.807, 2.05) is 4.22 Å². The Labute approximate surface area is 90.9 Å². The van der Waals surface area contributed by atoms with Crippen molar-refractivity contribution in [3.8, 4) is 0 Å². The Morgan fingerprint density at radius 3 is 3.27 bits per heavy atom. The van der Waals surface area contributed by atoms with E-state index >= 15 is 0 Å². The van der Waals surface area contributed by atoms with Crippen molar-refractivity contribution in [1.82, 2.24) is 0 Å². The fourth-order valence-electron chi connectivity index (χ4n) is 1.03. The molecular weight excluding hydrogens is 388 g/mol. The van der Waals surface area contributed by atoms with Gasteiger partial charge in [0, 0.05) is 12.2 Å². The first-order valence-corrected chi connectivity index (χ1v) is 7.81. The van der Waals surface area contributed by atoms with Crippen LogP contribution in [-0.4, -0.2) is 15.7 Å². The number of aliphatic imine (C=N–C) groups is 1. The van der Waals surface area contributed by atoms with Gasteiger partial charge in [-0.3, -0.25) is 9.20 Å². The minimum Gasteiger partial charge on any atom is -0.254 e. The van der Waals surface area contributed by atoms with Crippen LogP contribution in [0, 0.1) is 0 Å². The topological polar surface area (TPSA) is 29.4 Å². The average molecular weight is 393 g/mol. The summed E-state index contributed by atoms with van der Waals surface area (Å²) in [6, 6.07) is 0. The molecule has 2 aliphatic heterocycles. The third-order valence-electron chi connectivity index (χ3n) is 1.53. The molecule has 0 radical (unpaired) electrons. The minimum absolute atomic E-state index is 0.0483. The SMILES string of the molecule is O=S1CCC2=C1C(I)=IC=N2. The summed E-state index contributed by atoms with van der Waals surface area (Å²) in [4.78, 5) is 5.35. The Morgan fingerprint density at radius 2 is 2.55 bits per heavy atom. The predicted molar refractivity (Wildman–Crippen MR) is 66.2 cm³/mol. The van der Waals surface area contributed by atoms with E-state index in [2.05, 4.69) is 27.6 Å². The zero-order chi connectivity index (χ0) is 7.84. The van der Waals surface area contributed by atoms with Crippen LogP contribution < -0.4 is 0 Å². The summed E-state index contributed by atoms with van der Waals surface area (Å²) in [6.07, 6.45) is 0.911. The van der Waals surface area contributed by atoms with Crippen molar-refractivity contribution in [2.45, 2.75) is 6.42 Å². The lowest BCUT2D eigenvalue weighted by Gasteiger charge is -2.02. The van der Waals surface area contributed by atoms with Gasteiger partial charge >= 0.3 is 0 Å². The molecule has 0 aromatic heterocycles. The normalized spacial score (nSPS) is 29.5. The molecule has 0 aromatic carbocycles.